The second kappa shape index (κ2) is 65.2. The third-order valence-electron chi connectivity index (χ3n) is 15.3. The van der Waals surface area contributed by atoms with Crippen molar-refractivity contribution in [2.24, 2.45) is 0 Å². The Labute approximate surface area is 474 Å². The lowest BCUT2D eigenvalue weighted by Crippen LogP contribution is -2.30. The van der Waals surface area contributed by atoms with Crippen LogP contribution in [0.2, 0.25) is 0 Å². The summed E-state index contributed by atoms with van der Waals surface area (Å²) in [4.78, 5) is 38.2. The molecule has 0 bridgehead atoms. The normalized spacial score (nSPS) is 12.2. The number of esters is 3. The van der Waals surface area contributed by atoms with Gasteiger partial charge in [0.25, 0.3) is 0 Å². The summed E-state index contributed by atoms with van der Waals surface area (Å²) < 4.78 is 16.9. The van der Waals surface area contributed by atoms with Gasteiger partial charge in [0, 0.05) is 19.3 Å². The van der Waals surface area contributed by atoms with Gasteiger partial charge in [0.15, 0.2) is 6.10 Å². The fraction of sp³-hybridized carbons (Fsp3) is 0.871. The van der Waals surface area contributed by atoms with Crippen LogP contribution in [0.4, 0.5) is 0 Å². The zero-order valence-corrected chi connectivity index (χ0v) is 51.3. The highest BCUT2D eigenvalue weighted by molar-refractivity contribution is 5.71. The molecule has 0 aromatic rings. The minimum atomic E-state index is -0.780. The summed E-state index contributed by atoms with van der Waals surface area (Å²) in [5.74, 6) is -0.878. The Morgan fingerprint density at radius 1 is 0.263 bits per heavy atom. The van der Waals surface area contributed by atoms with Crippen molar-refractivity contribution in [1.29, 1.82) is 0 Å². The van der Waals surface area contributed by atoms with Gasteiger partial charge in [-0.3, -0.25) is 14.4 Å². The Morgan fingerprint density at radius 2 is 0.500 bits per heavy atom. The van der Waals surface area contributed by atoms with Crippen molar-refractivity contribution in [2.45, 2.75) is 380 Å². The fourth-order valence-electron chi connectivity index (χ4n) is 10.2. The zero-order chi connectivity index (χ0) is 55.0. The van der Waals surface area contributed by atoms with E-state index in [2.05, 4.69) is 57.2 Å². The molecule has 0 spiro atoms. The van der Waals surface area contributed by atoms with E-state index >= 15 is 0 Å². The van der Waals surface area contributed by atoms with Gasteiger partial charge in [0.05, 0.1) is 0 Å². The molecule has 0 heterocycles. The lowest BCUT2D eigenvalue weighted by molar-refractivity contribution is -0.167. The van der Waals surface area contributed by atoms with Gasteiger partial charge in [-0.25, -0.2) is 0 Å². The quantitative estimate of drug-likeness (QED) is 0.0261. The number of ether oxygens (including phenoxy) is 3. The van der Waals surface area contributed by atoms with Gasteiger partial charge in [-0.05, 0) is 70.6 Å². The average molecular weight is 1070 g/mol. The largest absolute Gasteiger partial charge is 0.462 e. The molecular weight excluding hydrogens is 937 g/mol. The molecule has 446 valence electrons. The molecule has 0 radical (unpaired) electrons. The van der Waals surface area contributed by atoms with Crippen molar-refractivity contribution in [1.82, 2.24) is 0 Å². The maximum Gasteiger partial charge on any atom is 0.306 e. The van der Waals surface area contributed by atoms with Crippen LogP contribution in [0.1, 0.15) is 374 Å². The molecule has 0 aliphatic heterocycles. The molecule has 1 atom stereocenters. The summed E-state index contributed by atoms with van der Waals surface area (Å²) in [6.07, 6.45) is 80.5. The molecule has 6 nitrogen and oxygen atoms in total. The van der Waals surface area contributed by atoms with Crippen LogP contribution >= 0.6 is 0 Å². The molecule has 0 saturated carbocycles. The third-order valence-corrected chi connectivity index (χ3v) is 15.3. The standard InChI is InChI=1S/C70H130O6/c1-4-7-10-13-16-19-22-25-27-28-29-30-31-32-33-34-35-36-37-38-39-40-41-42-43-46-48-51-54-57-60-63-69(72)75-66-67(65-74-68(71)62-59-56-53-50-47-44-24-21-18-15-12-9-6-3)76-70(73)64-61-58-55-52-49-45-26-23-20-17-14-11-8-5-2/h12,15,21,23-24,26,67H,4-11,13-14,16-20,22,25,27-66H2,1-3H3/b15-12-,24-21-,26-23-. The summed E-state index contributed by atoms with van der Waals surface area (Å²) in [5, 5.41) is 0. The lowest BCUT2D eigenvalue weighted by Gasteiger charge is -2.18. The van der Waals surface area contributed by atoms with Crippen molar-refractivity contribution < 1.29 is 28.6 Å². The van der Waals surface area contributed by atoms with Crippen LogP contribution in [-0.2, 0) is 28.6 Å². The van der Waals surface area contributed by atoms with Gasteiger partial charge in [-0.15, -0.1) is 0 Å². The number of unbranched alkanes of at least 4 members (excludes halogenated alkanes) is 46. The number of hydrogen-bond acceptors (Lipinski definition) is 6. The van der Waals surface area contributed by atoms with E-state index in [1.54, 1.807) is 0 Å². The summed E-state index contributed by atoms with van der Waals surface area (Å²) >= 11 is 0. The monoisotopic (exact) mass is 1070 g/mol. The third kappa shape index (κ3) is 62.5. The first-order valence-corrected chi connectivity index (χ1v) is 34.0. The van der Waals surface area contributed by atoms with E-state index in [-0.39, 0.29) is 31.1 Å². The SMILES string of the molecule is CCC/C=C\C/C=C\CCCCCCCC(=O)OCC(COC(=O)CCCCCCCCCCCCCCCCCCCCCCCCCCCCCCCCC)OC(=O)CCCCCCC/C=C\CCCCCCC. The smallest absolute Gasteiger partial charge is 0.306 e. The molecule has 0 aromatic heterocycles. The first-order valence-electron chi connectivity index (χ1n) is 34.0. The Hall–Kier alpha value is -2.37. The van der Waals surface area contributed by atoms with Gasteiger partial charge < -0.3 is 14.2 Å². The highest BCUT2D eigenvalue weighted by Crippen LogP contribution is 2.18. The molecule has 0 aliphatic rings. The van der Waals surface area contributed by atoms with Gasteiger partial charge in [-0.1, -0.05) is 320 Å². The molecule has 76 heavy (non-hydrogen) atoms. The minimum Gasteiger partial charge on any atom is -0.462 e. The molecule has 0 amide bonds. The number of allylic oxidation sites excluding steroid dienone is 6. The number of hydrogen-bond donors (Lipinski definition) is 0. The fourth-order valence-corrected chi connectivity index (χ4v) is 10.2. The van der Waals surface area contributed by atoms with E-state index in [1.807, 2.05) is 0 Å². The Bertz CT molecular complexity index is 1270. The van der Waals surface area contributed by atoms with Gasteiger partial charge in [-0.2, -0.15) is 0 Å². The van der Waals surface area contributed by atoms with Crippen molar-refractivity contribution in [3.63, 3.8) is 0 Å². The van der Waals surface area contributed by atoms with Crippen LogP contribution in [0, 0.1) is 0 Å². The molecular formula is C70H130O6. The average Bonchev–Trinajstić information content (AvgIpc) is 3.42. The molecule has 0 aliphatic carbocycles. The number of rotatable bonds is 63. The maximum absolute atomic E-state index is 12.9. The Kier molecular flexibility index (Phi) is 63.1. The summed E-state index contributed by atoms with van der Waals surface area (Å²) in [7, 11) is 0. The Balaban J connectivity index is 4.09. The van der Waals surface area contributed by atoms with Crippen LogP contribution in [-0.4, -0.2) is 37.2 Å². The minimum absolute atomic E-state index is 0.0762. The molecule has 0 fully saturated rings. The summed E-state index contributed by atoms with van der Waals surface area (Å²) in [5.41, 5.74) is 0. The van der Waals surface area contributed by atoms with E-state index in [1.165, 1.54) is 244 Å². The first kappa shape index (κ1) is 73.6. The van der Waals surface area contributed by atoms with Crippen LogP contribution in [0.5, 0.6) is 0 Å². The van der Waals surface area contributed by atoms with Crippen LogP contribution in [0.15, 0.2) is 36.5 Å². The molecule has 1 unspecified atom stereocenters. The zero-order valence-electron chi connectivity index (χ0n) is 51.3. The summed E-state index contributed by atoms with van der Waals surface area (Å²) in [6, 6.07) is 0. The van der Waals surface area contributed by atoms with Gasteiger partial charge in [0.2, 0.25) is 0 Å². The second-order valence-electron chi connectivity index (χ2n) is 23.1. The maximum atomic E-state index is 12.9. The van der Waals surface area contributed by atoms with Crippen LogP contribution < -0.4 is 0 Å². The van der Waals surface area contributed by atoms with E-state index < -0.39 is 6.10 Å². The molecule has 0 rings (SSSR count). The predicted molar refractivity (Wildman–Crippen MR) is 330 cm³/mol. The number of carbonyl (C=O) groups excluding carboxylic acids is 3. The van der Waals surface area contributed by atoms with E-state index in [9.17, 15) is 14.4 Å². The van der Waals surface area contributed by atoms with E-state index in [4.69, 9.17) is 14.2 Å². The molecule has 0 N–H and O–H groups in total. The second-order valence-corrected chi connectivity index (χ2v) is 23.1. The predicted octanol–water partition coefficient (Wildman–Crippen LogP) is 23.2. The molecule has 6 heteroatoms. The van der Waals surface area contributed by atoms with Gasteiger partial charge >= 0.3 is 17.9 Å². The van der Waals surface area contributed by atoms with E-state index in [0.29, 0.717) is 19.3 Å². The van der Waals surface area contributed by atoms with Crippen molar-refractivity contribution in [3.05, 3.63) is 36.5 Å². The van der Waals surface area contributed by atoms with Crippen molar-refractivity contribution in [2.75, 3.05) is 13.2 Å². The number of carbonyl (C=O) groups is 3. The highest BCUT2D eigenvalue weighted by Gasteiger charge is 2.19. The van der Waals surface area contributed by atoms with E-state index in [0.717, 1.165) is 89.9 Å². The highest BCUT2D eigenvalue weighted by atomic mass is 16.6. The van der Waals surface area contributed by atoms with Crippen LogP contribution in [0.25, 0.3) is 0 Å². The molecule has 0 aromatic carbocycles. The summed E-state index contributed by atoms with van der Waals surface area (Å²) in [6.45, 7) is 6.60. The lowest BCUT2D eigenvalue weighted by atomic mass is 10.0. The Morgan fingerprint density at radius 3 is 0.789 bits per heavy atom. The van der Waals surface area contributed by atoms with Gasteiger partial charge in [0.1, 0.15) is 13.2 Å². The van der Waals surface area contributed by atoms with Crippen molar-refractivity contribution in [3.8, 4) is 0 Å². The first-order chi connectivity index (χ1) is 37.5. The van der Waals surface area contributed by atoms with Crippen molar-refractivity contribution >= 4 is 17.9 Å². The van der Waals surface area contributed by atoms with Crippen LogP contribution in [0.3, 0.4) is 0 Å². The molecule has 0 saturated heterocycles. The topological polar surface area (TPSA) is 78.9 Å².